The highest BCUT2D eigenvalue weighted by Gasteiger charge is 2.09. The Morgan fingerprint density at radius 1 is 1.19 bits per heavy atom. The van der Waals surface area contributed by atoms with Crippen molar-refractivity contribution in [1.82, 2.24) is 4.90 Å². The van der Waals surface area contributed by atoms with Gasteiger partial charge in [0.1, 0.15) is 5.75 Å². The molecule has 16 heavy (non-hydrogen) atoms. The lowest BCUT2D eigenvalue weighted by atomic mass is 10.3. The van der Waals surface area contributed by atoms with E-state index in [9.17, 15) is 8.42 Å². The SMILES string of the molecule is COc1ccc(S(=O)(=O)C=CN(C)C)cc1. The fourth-order valence-corrected chi connectivity index (χ4v) is 2.12. The number of sulfone groups is 1. The standard InChI is InChI=1S/C11H15NO3S/c1-12(2)8-9-16(13,14)11-6-4-10(15-3)5-7-11/h4-9H,1-3H3. The monoisotopic (exact) mass is 241 g/mol. The number of benzene rings is 1. The van der Waals surface area contributed by atoms with Gasteiger partial charge in [-0.15, -0.1) is 0 Å². The first-order chi connectivity index (χ1) is 7.45. The molecule has 0 aromatic heterocycles. The molecule has 0 fully saturated rings. The molecule has 0 amide bonds. The molecule has 0 atom stereocenters. The Morgan fingerprint density at radius 3 is 2.19 bits per heavy atom. The van der Waals surface area contributed by atoms with Gasteiger partial charge in [-0.3, -0.25) is 0 Å². The Kier molecular flexibility index (Phi) is 3.95. The van der Waals surface area contributed by atoms with Crippen LogP contribution in [0.1, 0.15) is 0 Å². The third-order valence-electron chi connectivity index (χ3n) is 1.93. The summed E-state index contributed by atoms with van der Waals surface area (Å²) in [5.41, 5.74) is 0. The fraction of sp³-hybridized carbons (Fsp3) is 0.273. The summed E-state index contributed by atoms with van der Waals surface area (Å²) < 4.78 is 28.5. The lowest BCUT2D eigenvalue weighted by molar-refractivity contribution is 0.414. The van der Waals surface area contributed by atoms with Crippen molar-refractivity contribution in [2.75, 3.05) is 21.2 Å². The van der Waals surface area contributed by atoms with E-state index in [1.165, 1.54) is 30.9 Å². The summed E-state index contributed by atoms with van der Waals surface area (Å²) in [6.07, 6.45) is 1.50. The minimum atomic E-state index is -3.36. The van der Waals surface area contributed by atoms with E-state index in [0.717, 1.165) is 0 Å². The van der Waals surface area contributed by atoms with Crippen LogP contribution in [0.4, 0.5) is 0 Å². The van der Waals surface area contributed by atoms with Gasteiger partial charge in [0.2, 0.25) is 9.84 Å². The van der Waals surface area contributed by atoms with E-state index in [1.54, 1.807) is 31.1 Å². The smallest absolute Gasteiger partial charge is 0.201 e. The molecule has 0 saturated heterocycles. The molecule has 0 spiro atoms. The molecule has 4 nitrogen and oxygen atoms in total. The van der Waals surface area contributed by atoms with E-state index in [4.69, 9.17) is 4.74 Å². The molecule has 0 bridgehead atoms. The van der Waals surface area contributed by atoms with Gasteiger partial charge >= 0.3 is 0 Å². The van der Waals surface area contributed by atoms with Crippen LogP contribution >= 0.6 is 0 Å². The normalized spacial score (nSPS) is 11.7. The maximum Gasteiger partial charge on any atom is 0.201 e. The number of rotatable bonds is 4. The average molecular weight is 241 g/mol. The molecule has 0 unspecified atom stereocenters. The first-order valence-corrected chi connectivity index (χ1v) is 6.24. The molecular weight excluding hydrogens is 226 g/mol. The molecule has 0 aliphatic heterocycles. The zero-order valence-electron chi connectivity index (χ0n) is 9.54. The van der Waals surface area contributed by atoms with Crippen LogP contribution in [0, 0.1) is 0 Å². The third-order valence-corrected chi connectivity index (χ3v) is 3.34. The highest BCUT2D eigenvalue weighted by molar-refractivity contribution is 7.94. The molecule has 1 aromatic carbocycles. The zero-order valence-corrected chi connectivity index (χ0v) is 10.4. The molecule has 0 saturated carbocycles. The van der Waals surface area contributed by atoms with E-state index >= 15 is 0 Å². The lowest BCUT2D eigenvalue weighted by Crippen LogP contribution is -2.03. The minimum Gasteiger partial charge on any atom is -0.497 e. The third kappa shape index (κ3) is 3.27. The molecule has 1 rings (SSSR count). The summed E-state index contributed by atoms with van der Waals surface area (Å²) in [7, 11) is 1.71. The van der Waals surface area contributed by atoms with Gasteiger partial charge in [-0.05, 0) is 24.3 Å². The van der Waals surface area contributed by atoms with Crippen LogP contribution in [-0.2, 0) is 9.84 Å². The van der Waals surface area contributed by atoms with Crippen LogP contribution in [0.5, 0.6) is 5.75 Å². The van der Waals surface area contributed by atoms with E-state index in [0.29, 0.717) is 5.75 Å². The lowest BCUT2D eigenvalue weighted by Gasteiger charge is -2.05. The highest BCUT2D eigenvalue weighted by atomic mass is 32.2. The maximum absolute atomic E-state index is 11.8. The summed E-state index contributed by atoms with van der Waals surface area (Å²) in [5.74, 6) is 0.635. The molecule has 0 heterocycles. The predicted molar refractivity (Wildman–Crippen MR) is 63.0 cm³/mol. The number of nitrogens with zero attached hydrogens (tertiary/aromatic N) is 1. The summed E-state index contributed by atoms with van der Waals surface area (Å²) in [4.78, 5) is 1.92. The summed E-state index contributed by atoms with van der Waals surface area (Å²) >= 11 is 0. The molecule has 88 valence electrons. The van der Waals surface area contributed by atoms with Gasteiger partial charge in [0, 0.05) is 20.3 Å². The molecule has 0 aliphatic carbocycles. The Labute approximate surface area is 96.1 Å². The average Bonchev–Trinajstić information content (AvgIpc) is 2.27. The van der Waals surface area contributed by atoms with Crippen LogP contribution in [0.2, 0.25) is 0 Å². The number of methoxy groups -OCH3 is 1. The van der Waals surface area contributed by atoms with Gasteiger partial charge in [0.25, 0.3) is 0 Å². The van der Waals surface area contributed by atoms with Crippen molar-refractivity contribution in [3.05, 3.63) is 35.9 Å². The maximum atomic E-state index is 11.8. The minimum absolute atomic E-state index is 0.256. The zero-order chi connectivity index (χ0) is 12.2. The quantitative estimate of drug-likeness (QED) is 0.801. The van der Waals surface area contributed by atoms with Crippen molar-refractivity contribution < 1.29 is 13.2 Å². The van der Waals surface area contributed by atoms with Gasteiger partial charge < -0.3 is 9.64 Å². The number of hydrogen-bond acceptors (Lipinski definition) is 4. The Morgan fingerprint density at radius 2 is 1.75 bits per heavy atom. The summed E-state index contributed by atoms with van der Waals surface area (Å²) in [6, 6.07) is 6.29. The summed E-state index contributed by atoms with van der Waals surface area (Å²) in [5, 5.41) is 1.18. The molecule has 1 aromatic rings. The Balaban J connectivity index is 2.99. The van der Waals surface area contributed by atoms with Crippen LogP contribution in [-0.4, -0.2) is 34.5 Å². The highest BCUT2D eigenvalue weighted by Crippen LogP contribution is 2.17. The molecule has 0 radical (unpaired) electrons. The topological polar surface area (TPSA) is 46.6 Å². The van der Waals surface area contributed by atoms with E-state index in [-0.39, 0.29) is 4.90 Å². The van der Waals surface area contributed by atoms with Crippen molar-refractivity contribution in [2.24, 2.45) is 0 Å². The van der Waals surface area contributed by atoms with Crippen molar-refractivity contribution in [2.45, 2.75) is 4.90 Å². The second-order valence-corrected chi connectivity index (χ2v) is 5.30. The first kappa shape index (κ1) is 12.6. The number of hydrogen-bond donors (Lipinski definition) is 0. The Bertz CT molecular complexity index is 461. The second-order valence-electron chi connectivity index (χ2n) is 3.47. The molecule has 0 N–H and O–H groups in total. The van der Waals surface area contributed by atoms with Crippen molar-refractivity contribution >= 4 is 9.84 Å². The van der Waals surface area contributed by atoms with Crippen molar-refractivity contribution in [3.8, 4) is 5.75 Å². The van der Waals surface area contributed by atoms with Crippen LogP contribution in [0.3, 0.4) is 0 Å². The van der Waals surface area contributed by atoms with Crippen LogP contribution in [0.25, 0.3) is 0 Å². The van der Waals surface area contributed by atoms with Crippen LogP contribution in [0.15, 0.2) is 40.8 Å². The van der Waals surface area contributed by atoms with Gasteiger partial charge in [-0.1, -0.05) is 0 Å². The van der Waals surface area contributed by atoms with Crippen molar-refractivity contribution in [3.63, 3.8) is 0 Å². The Hall–Kier alpha value is -1.49. The van der Waals surface area contributed by atoms with Gasteiger partial charge in [-0.25, -0.2) is 8.42 Å². The first-order valence-electron chi connectivity index (χ1n) is 4.69. The molecule has 5 heteroatoms. The van der Waals surface area contributed by atoms with Crippen LogP contribution < -0.4 is 4.74 Å². The van der Waals surface area contributed by atoms with Gasteiger partial charge in [0.15, 0.2) is 0 Å². The predicted octanol–water partition coefficient (Wildman–Crippen LogP) is 1.50. The molecular formula is C11H15NO3S. The second kappa shape index (κ2) is 5.03. The fourth-order valence-electron chi connectivity index (χ4n) is 1.05. The summed E-state index contributed by atoms with van der Waals surface area (Å²) in [6.45, 7) is 0. The largest absolute Gasteiger partial charge is 0.497 e. The molecule has 0 aliphatic rings. The van der Waals surface area contributed by atoms with E-state index in [2.05, 4.69) is 0 Å². The van der Waals surface area contributed by atoms with E-state index in [1.807, 2.05) is 0 Å². The van der Waals surface area contributed by atoms with Crippen molar-refractivity contribution in [1.29, 1.82) is 0 Å². The van der Waals surface area contributed by atoms with E-state index < -0.39 is 9.84 Å². The number of ether oxygens (including phenoxy) is 1. The van der Waals surface area contributed by atoms with Gasteiger partial charge in [-0.2, -0.15) is 0 Å². The van der Waals surface area contributed by atoms with Gasteiger partial charge in [0.05, 0.1) is 17.4 Å².